The minimum Gasteiger partial charge on any atom is -0.481 e. The third kappa shape index (κ3) is 3.90. The van der Waals surface area contributed by atoms with Crippen molar-refractivity contribution in [3.05, 3.63) is 40.2 Å². The molecule has 1 aliphatic heterocycles. The minimum absolute atomic E-state index is 0.0681. The van der Waals surface area contributed by atoms with Gasteiger partial charge in [-0.3, -0.25) is 4.79 Å². The van der Waals surface area contributed by atoms with Crippen molar-refractivity contribution in [2.24, 2.45) is 5.92 Å². The van der Waals surface area contributed by atoms with E-state index in [0.717, 1.165) is 43.1 Å². The van der Waals surface area contributed by atoms with Crippen molar-refractivity contribution in [2.45, 2.75) is 64.1 Å². The van der Waals surface area contributed by atoms with Crippen LogP contribution >= 0.6 is 0 Å². The van der Waals surface area contributed by atoms with Gasteiger partial charge in [0, 0.05) is 36.5 Å². The zero-order valence-electron chi connectivity index (χ0n) is 17.1. The van der Waals surface area contributed by atoms with E-state index in [1.54, 1.807) is 19.1 Å². The van der Waals surface area contributed by atoms with Crippen molar-refractivity contribution < 1.29 is 19.1 Å². The molecule has 29 heavy (non-hydrogen) atoms. The molecule has 0 radical (unpaired) electrons. The summed E-state index contributed by atoms with van der Waals surface area (Å²) in [5, 5.41) is 11.7. The number of likely N-dealkylation sites (tertiary alicyclic amines) is 1. The first-order chi connectivity index (χ1) is 13.9. The number of ether oxygens (including phenoxy) is 1. The molecule has 2 aliphatic rings. The van der Waals surface area contributed by atoms with E-state index < -0.39 is 11.7 Å². The van der Waals surface area contributed by atoms with E-state index in [1.165, 1.54) is 6.07 Å². The number of benzene rings is 1. The lowest BCUT2D eigenvalue weighted by Gasteiger charge is -2.47. The molecule has 4 rings (SSSR count). The molecule has 2 fully saturated rings. The molecule has 156 valence electrons. The normalized spacial score (nSPS) is 25.5. The van der Waals surface area contributed by atoms with Gasteiger partial charge in [0.15, 0.2) is 6.10 Å². The second kappa shape index (κ2) is 7.82. The molecule has 6 heteroatoms. The molecule has 1 amide bonds. The van der Waals surface area contributed by atoms with Gasteiger partial charge < -0.3 is 19.2 Å². The molecule has 1 saturated carbocycles. The molecule has 0 bridgehead atoms. The van der Waals surface area contributed by atoms with Crippen molar-refractivity contribution in [3.8, 4) is 5.75 Å². The molecule has 2 aromatic rings. The number of nitrogens with zero attached hydrogens (tertiary/aromatic N) is 1. The maximum Gasteiger partial charge on any atom is 0.336 e. The molecular formula is C23H29NO5. The lowest BCUT2D eigenvalue weighted by Crippen LogP contribution is -2.56. The number of piperidine rings is 1. The monoisotopic (exact) mass is 399 g/mol. The number of carbonyl (C=O) groups is 1. The van der Waals surface area contributed by atoms with E-state index in [0.29, 0.717) is 30.8 Å². The highest BCUT2D eigenvalue weighted by molar-refractivity contribution is 5.83. The number of aliphatic hydroxyl groups is 1. The third-order valence-corrected chi connectivity index (χ3v) is 6.58. The van der Waals surface area contributed by atoms with Crippen LogP contribution in [0.4, 0.5) is 0 Å². The third-order valence-electron chi connectivity index (χ3n) is 6.58. The molecule has 1 saturated heterocycles. The van der Waals surface area contributed by atoms with Crippen molar-refractivity contribution in [2.75, 3.05) is 13.1 Å². The molecule has 0 spiro atoms. The summed E-state index contributed by atoms with van der Waals surface area (Å²) >= 11 is 0. The van der Waals surface area contributed by atoms with Gasteiger partial charge in [-0.15, -0.1) is 0 Å². The zero-order valence-corrected chi connectivity index (χ0v) is 17.1. The second-order valence-electron chi connectivity index (χ2n) is 8.44. The summed E-state index contributed by atoms with van der Waals surface area (Å²) in [6, 6.07) is 6.86. The van der Waals surface area contributed by atoms with E-state index in [9.17, 15) is 14.7 Å². The Morgan fingerprint density at radius 2 is 2.17 bits per heavy atom. The molecule has 1 aromatic carbocycles. The van der Waals surface area contributed by atoms with Crippen LogP contribution in [0, 0.1) is 5.92 Å². The van der Waals surface area contributed by atoms with Crippen molar-refractivity contribution in [1.29, 1.82) is 0 Å². The van der Waals surface area contributed by atoms with Crippen LogP contribution in [0.2, 0.25) is 0 Å². The fraction of sp³-hybridized carbons (Fsp3) is 0.565. The predicted octanol–water partition coefficient (Wildman–Crippen LogP) is 3.28. The van der Waals surface area contributed by atoms with Gasteiger partial charge in [-0.05, 0) is 50.3 Å². The highest BCUT2D eigenvalue weighted by Gasteiger charge is 2.44. The van der Waals surface area contributed by atoms with Gasteiger partial charge in [0.05, 0.1) is 5.60 Å². The topological polar surface area (TPSA) is 80.0 Å². The van der Waals surface area contributed by atoms with E-state index >= 15 is 0 Å². The summed E-state index contributed by atoms with van der Waals surface area (Å²) in [4.78, 5) is 26.5. The number of aryl methyl sites for hydroxylation is 1. The van der Waals surface area contributed by atoms with Gasteiger partial charge in [0.1, 0.15) is 11.3 Å². The van der Waals surface area contributed by atoms with Gasteiger partial charge in [-0.25, -0.2) is 4.79 Å². The molecule has 6 nitrogen and oxygen atoms in total. The highest BCUT2D eigenvalue weighted by atomic mass is 16.5. The van der Waals surface area contributed by atoms with Gasteiger partial charge in [0.2, 0.25) is 0 Å². The number of hydrogen-bond acceptors (Lipinski definition) is 5. The number of carbonyl (C=O) groups excluding carboxylic acids is 1. The lowest BCUT2D eigenvalue weighted by atomic mass is 9.71. The molecular weight excluding hydrogens is 370 g/mol. The summed E-state index contributed by atoms with van der Waals surface area (Å²) < 4.78 is 11.2. The van der Waals surface area contributed by atoms with Gasteiger partial charge in [-0.2, -0.15) is 0 Å². The summed E-state index contributed by atoms with van der Waals surface area (Å²) in [5.41, 5.74) is 0.410. The standard InChI is InChI=1S/C23H29NO5/c1-3-16-12-21(25)29-20-13-18(7-8-19(16)20)28-15(2)22(26)24-11-10-23(27)9-5-4-6-17(23)14-24/h7-8,12-13,15,17,27H,3-6,9-11,14H2,1-2H3/t15-,17+,23+/m1/s1. The summed E-state index contributed by atoms with van der Waals surface area (Å²) in [5.74, 6) is 0.589. The molecule has 0 unspecified atom stereocenters. The predicted molar refractivity (Wildman–Crippen MR) is 110 cm³/mol. The molecule has 1 aromatic heterocycles. The summed E-state index contributed by atoms with van der Waals surface area (Å²) in [7, 11) is 0. The molecule has 1 N–H and O–H groups in total. The Balaban J connectivity index is 1.47. The van der Waals surface area contributed by atoms with Crippen LogP contribution in [0.15, 0.2) is 33.5 Å². The fourth-order valence-corrected chi connectivity index (χ4v) is 4.86. The Morgan fingerprint density at radius 1 is 1.34 bits per heavy atom. The van der Waals surface area contributed by atoms with Gasteiger partial charge in [-0.1, -0.05) is 19.8 Å². The molecule has 3 atom stereocenters. The summed E-state index contributed by atoms with van der Waals surface area (Å²) in [6.07, 6.45) is 4.72. The maximum absolute atomic E-state index is 12.9. The number of hydrogen-bond donors (Lipinski definition) is 1. The number of rotatable bonds is 4. The zero-order chi connectivity index (χ0) is 20.6. The van der Waals surface area contributed by atoms with Gasteiger partial charge in [0.25, 0.3) is 5.91 Å². The Kier molecular flexibility index (Phi) is 5.38. The van der Waals surface area contributed by atoms with Crippen LogP contribution in [0.5, 0.6) is 5.75 Å². The van der Waals surface area contributed by atoms with Crippen molar-refractivity contribution >= 4 is 16.9 Å². The first-order valence-electron chi connectivity index (χ1n) is 10.6. The van der Waals surface area contributed by atoms with E-state index in [4.69, 9.17) is 9.15 Å². The first kappa shape index (κ1) is 20.0. The average Bonchev–Trinajstić information content (AvgIpc) is 2.71. The fourth-order valence-electron chi connectivity index (χ4n) is 4.86. The smallest absolute Gasteiger partial charge is 0.336 e. The molecule has 1 aliphatic carbocycles. The lowest BCUT2D eigenvalue weighted by molar-refractivity contribution is -0.149. The van der Waals surface area contributed by atoms with Crippen LogP contribution in [0.25, 0.3) is 11.0 Å². The number of fused-ring (bicyclic) bond motifs is 2. The van der Waals surface area contributed by atoms with Crippen LogP contribution in [-0.4, -0.2) is 40.7 Å². The SMILES string of the molecule is CCc1cc(=O)oc2cc(O[C@H](C)C(=O)N3CC[C@@]4(O)CCCC[C@H]4C3)ccc12. The quantitative estimate of drug-likeness (QED) is 0.798. The first-order valence-corrected chi connectivity index (χ1v) is 10.6. The van der Waals surface area contributed by atoms with Crippen LogP contribution < -0.4 is 10.4 Å². The Hall–Kier alpha value is -2.34. The van der Waals surface area contributed by atoms with Crippen LogP contribution in [-0.2, 0) is 11.2 Å². The van der Waals surface area contributed by atoms with Crippen LogP contribution in [0.3, 0.4) is 0 Å². The van der Waals surface area contributed by atoms with Crippen molar-refractivity contribution in [3.63, 3.8) is 0 Å². The van der Waals surface area contributed by atoms with E-state index in [1.807, 2.05) is 17.9 Å². The molecule has 2 heterocycles. The average molecular weight is 399 g/mol. The summed E-state index contributed by atoms with van der Waals surface area (Å²) in [6.45, 7) is 4.89. The van der Waals surface area contributed by atoms with Gasteiger partial charge >= 0.3 is 5.63 Å². The van der Waals surface area contributed by atoms with E-state index in [-0.39, 0.29) is 17.5 Å². The maximum atomic E-state index is 12.9. The Morgan fingerprint density at radius 3 is 2.97 bits per heavy atom. The van der Waals surface area contributed by atoms with Crippen molar-refractivity contribution in [1.82, 2.24) is 4.90 Å². The minimum atomic E-state index is -0.650. The largest absolute Gasteiger partial charge is 0.481 e. The Labute approximate surface area is 170 Å². The second-order valence-corrected chi connectivity index (χ2v) is 8.44. The van der Waals surface area contributed by atoms with E-state index in [2.05, 4.69) is 0 Å². The number of amides is 1. The highest BCUT2D eigenvalue weighted by Crippen LogP contribution is 2.40. The Bertz CT molecular complexity index is 967. The van der Waals surface area contributed by atoms with Crippen LogP contribution in [0.1, 0.15) is 51.5 Å².